The summed E-state index contributed by atoms with van der Waals surface area (Å²) in [7, 11) is 3.60. The summed E-state index contributed by atoms with van der Waals surface area (Å²) in [6.07, 6.45) is 3.65. The van der Waals surface area contributed by atoms with E-state index in [1.54, 1.807) is 11.8 Å². The second-order valence-electron chi connectivity index (χ2n) is 5.66. The number of methoxy groups -OCH3 is 1. The molecule has 0 amide bonds. The molecule has 0 radical (unpaired) electrons. The average molecular weight is 271 g/mol. The molecule has 1 aromatic heterocycles. The van der Waals surface area contributed by atoms with Gasteiger partial charge in [0.25, 0.3) is 0 Å². The molecular formula is C16H21N3O. The maximum Gasteiger partial charge on any atom is 0.129 e. The molecule has 4 nitrogen and oxygen atoms in total. The van der Waals surface area contributed by atoms with E-state index in [0.717, 1.165) is 46.3 Å². The topological polar surface area (TPSA) is 53.1 Å². The van der Waals surface area contributed by atoms with Gasteiger partial charge in [0.15, 0.2) is 0 Å². The van der Waals surface area contributed by atoms with Gasteiger partial charge in [-0.15, -0.1) is 0 Å². The molecule has 1 fully saturated rings. The summed E-state index contributed by atoms with van der Waals surface area (Å²) in [6, 6.07) is 6.22. The first-order valence-electron chi connectivity index (χ1n) is 7.06. The lowest BCUT2D eigenvalue weighted by Gasteiger charge is -2.09. The Morgan fingerprint density at radius 1 is 1.40 bits per heavy atom. The highest BCUT2D eigenvalue weighted by molar-refractivity contribution is 5.78. The summed E-state index contributed by atoms with van der Waals surface area (Å²) in [5.74, 6) is 2.41. The van der Waals surface area contributed by atoms with Gasteiger partial charge in [0.1, 0.15) is 11.6 Å². The Hall–Kier alpha value is -1.97. The molecule has 0 saturated heterocycles. The molecule has 3 rings (SSSR count). The van der Waals surface area contributed by atoms with Gasteiger partial charge in [-0.25, -0.2) is 0 Å². The maximum absolute atomic E-state index is 6.22. The van der Waals surface area contributed by atoms with E-state index in [0.29, 0.717) is 0 Å². The molecule has 1 saturated carbocycles. The first-order chi connectivity index (χ1) is 9.60. The van der Waals surface area contributed by atoms with Crippen LogP contribution < -0.4 is 10.5 Å². The van der Waals surface area contributed by atoms with Crippen LogP contribution in [-0.2, 0) is 13.5 Å². The van der Waals surface area contributed by atoms with Gasteiger partial charge in [0.2, 0.25) is 0 Å². The van der Waals surface area contributed by atoms with Crippen molar-refractivity contribution in [1.29, 1.82) is 0 Å². The minimum atomic E-state index is 0.728. The minimum absolute atomic E-state index is 0.728. The van der Waals surface area contributed by atoms with Crippen molar-refractivity contribution in [3.8, 4) is 16.9 Å². The molecule has 106 valence electrons. The van der Waals surface area contributed by atoms with Crippen molar-refractivity contribution in [2.75, 3.05) is 12.8 Å². The Balaban J connectivity index is 2.07. The van der Waals surface area contributed by atoms with Crippen molar-refractivity contribution >= 4 is 5.82 Å². The van der Waals surface area contributed by atoms with Crippen molar-refractivity contribution in [2.45, 2.75) is 26.2 Å². The average Bonchev–Trinajstić information content (AvgIpc) is 3.19. The molecule has 1 aliphatic carbocycles. The number of hydrogen-bond donors (Lipinski definition) is 1. The first-order valence-corrected chi connectivity index (χ1v) is 7.06. The second kappa shape index (κ2) is 4.85. The molecule has 0 atom stereocenters. The van der Waals surface area contributed by atoms with Gasteiger partial charge < -0.3 is 10.5 Å². The highest BCUT2D eigenvalue weighted by Gasteiger charge is 2.26. The van der Waals surface area contributed by atoms with Crippen LogP contribution in [-0.4, -0.2) is 16.9 Å². The van der Waals surface area contributed by atoms with E-state index in [-0.39, 0.29) is 0 Å². The minimum Gasteiger partial charge on any atom is -0.496 e. The third-order valence-electron chi connectivity index (χ3n) is 4.04. The van der Waals surface area contributed by atoms with Gasteiger partial charge in [0, 0.05) is 12.6 Å². The number of ether oxygens (including phenoxy) is 1. The van der Waals surface area contributed by atoms with Crippen molar-refractivity contribution < 1.29 is 4.74 Å². The zero-order chi connectivity index (χ0) is 14.3. The summed E-state index contributed by atoms with van der Waals surface area (Å²) >= 11 is 0. The molecule has 20 heavy (non-hydrogen) atoms. The van der Waals surface area contributed by atoms with Gasteiger partial charge in [-0.1, -0.05) is 12.1 Å². The Morgan fingerprint density at radius 3 is 2.80 bits per heavy atom. The first kappa shape index (κ1) is 13.0. The summed E-state index contributed by atoms with van der Waals surface area (Å²) in [5.41, 5.74) is 10.6. The van der Waals surface area contributed by atoms with Crippen molar-refractivity contribution in [1.82, 2.24) is 9.78 Å². The molecule has 0 spiro atoms. The van der Waals surface area contributed by atoms with Crippen LogP contribution in [0.2, 0.25) is 0 Å². The molecule has 1 aliphatic rings. The van der Waals surface area contributed by atoms with Gasteiger partial charge in [0.05, 0.1) is 12.8 Å². The van der Waals surface area contributed by atoms with Gasteiger partial charge in [-0.3, -0.25) is 4.68 Å². The molecule has 2 aromatic rings. The number of rotatable bonds is 4. The Labute approximate surface area is 119 Å². The van der Waals surface area contributed by atoms with Gasteiger partial charge >= 0.3 is 0 Å². The number of anilines is 1. The smallest absolute Gasteiger partial charge is 0.129 e. The fourth-order valence-corrected chi connectivity index (χ4v) is 2.62. The number of aryl methyl sites for hydroxylation is 2. The van der Waals surface area contributed by atoms with Crippen LogP contribution in [0.1, 0.15) is 24.1 Å². The third kappa shape index (κ3) is 2.26. The molecular weight excluding hydrogens is 250 g/mol. The fourth-order valence-electron chi connectivity index (χ4n) is 2.62. The van der Waals surface area contributed by atoms with E-state index in [4.69, 9.17) is 10.5 Å². The van der Waals surface area contributed by atoms with Gasteiger partial charge in [-0.05, 0) is 49.3 Å². The summed E-state index contributed by atoms with van der Waals surface area (Å²) in [4.78, 5) is 0. The van der Waals surface area contributed by atoms with E-state index < -0.39 is 0 Å². The van der Waals surface area contributed by atoms with E-state index in [1.807, 2.05) is 14.0 Å². The molecule has 0 bridgehead atoms. The van der Waals surface area contributed by atoms with Crippen LogP contribution in [0, 0.1) is 12.8 Å². The van der Waals surface area contributed by atoms with Crippen LogP contribution >= 0.6 is 0 Å². The Morgan fingerprint density at radius 2 is 2.15 bits per heavy atom. The van der Waals surface area contributed by atoms with Crippen LogP contribution in [0.15, 0.2) is 18.2 Å². The monoisotopic (exact) mass is 271 g/mol. The summed E-state index contributed by atoms with van der Waals surface area (Å²) < 4.78 is 7.20. The zero-order valence-corrected chi connectivity index (χ0v) is 12.3. The molecule has 0 unspecified atom stereocenters. The summed E-state index contributed by atoms with van der Waals surface area (Å²) in [6.45, 7) is 2.04. The number of nitrogens with zero attached hydrogens (tertiary/aromatic N) is 2. The molecule has 2 N–H and O–H groups in total. The third-order valence-corrected chi connectivity index (χ3v) is 4.04. The lowest BCUT2D eigenvalue weighted by atomic mass is 10.0. The predicted molar refractivity (Wildman–Crippen MR) is 80.8 cm³/mol. The van der Waals surface area contributed by atoms with Gasteiger partial charge in [-0.2, -0.15) is 5.10 Å². The highest BCUT2D eigenvalue weighted by atomic mass is 16.5. The molecule has 0 aliphatic heterocycles. The zero-order valence-electron chi connectivity index (χ0n) is 12.3. The number of nitrogens with two attached hydrogens (primary N) is 1. The fraction of sp³-hybridized carbons (Fsp3) is 0.438. The lowest BCUT2D eigenvalue weighted by molar-refractivity contribution is 0.412. The van der Waals surface area contributed by atoms with Crippen LogP contribution in [0.25, 0.3) is 11.1 Å². The van der Waals surface area contributed by atoms with Crippen molar-refractivity contribution in [3.63, 3.8) is 0 Å². The number of nitrogen functional groups attached to an aromatic ring is 1. The van der Waals surface area contributed by atoms with Crippen LogP contribution in [0.4, 0.5) is 5.82 Å². The SMILES string of the molecule is COc1cc(-c2c(CC3CC3)nn(C)c2N)ccc1C. The van der Waals surface area contributed by atoms with Crippen molar-refractivity contribution in [2.24, 2.45) is 13.0 Å². The summed E-state index contributed by atoms with van der Waals surface area (Å²) in [5, 5.41) is 4.60. The van der Waals surface area contributed by atoms with E-state index in [2.05, 4.69) is 23.3 Å². The van der Waals surface area contributed by atoms with E-state index in [9.17, 15) is 0 Å². The van der Waals surface area contributed by atoms with Crippen LogP contribution in [0.5, 0.6) is 5.75 Å². The lowest BCUT2D eigenvalue weighted by Crippen LogP contribution is -1.98. The van der Waals surface area contributed by atoms with Crippen molar-refractivity contribution in [3.05, 3.63) is 29.5 Å². The molecule has 1 aromatic carbocycles. The second-order valence-corrected chi connectivity index (χ2v) is 5.66. The number of benzene rings is 1. The number of hydrogen-bond acceptors (Lipinski definition) is 3. The Kier molecular flexibility index (Phi) is 3.16. The normalized spacial score (nSPS) is 14.6. The predicted octanol–water partition coefficient (Wildman–Crippen LogP) is 2.94. The van der Waals surface area contributed by atoms with E-state index in [1.165, 1.54) is 12.8 Å². The highest BCUT2D eigenvalue weighted by Crippen LogP contribution is 2.38. The number of aromatic nitrogens is 2. The largest absolute Gasteiger partial charge is 0.496 e. The quantitative estimate of drug-likeness (QED) is 0.930. The van der Waals surface area contributed by atoms with E-state index >= 15 is 0 Å². The molecule has 4 heteroatoms. The van der Waals surface area contributed by atoms with Crippen LogP contribution in [0.3, 0.4) is 0 Å². The standard InChI is InChI=1S/C16H21N3O/c1-10-4-7-12(9-14(10)20-3)15-13(8-11-5-6-11)18-19(2)16(15)17/h4,7,9,11H,5-6,8,17H2,1-3H3. The molecule has 1 heterocycles. The Bertz CT molecular complexity index is 641. The maximum atomic E-state index is 6.22.